The average Bonchev–Trinajstić information content (AvgIpc) is 2.36. The van der Waals surface area contributed by atoms with E-state index in [1.807, 2.05) is 18.2 Å². The highest BCUT2D eigenvalue weighted by Crippen LogP contribution is 2.23. The van der Waals surface area contributed by atoms with Crippen molar-refractivity contribution in [3.8, 4) is 0 Å². The zero-order valence-corrected chi connectivity index (χ0v) is 10.2. The maximum atomic E-state index is 13.1. The second-order valence-corrected chi connectivity index (χ2v) is 4.33. The lowest BCUT2D eigenvalue weighted by molar-refractivity contribution is 0.541. The number of hydrogen-bond acceptors (Lipinski definition) is 3. The SMILES string of the molecule is NNC(Cc1cc(F)cc(F)c1)c1ccccc1N. The summed E-state index contributed by atoms with van der Waals surface area (Å²) in [6, 6.07) is 10.3. The first-order valence-corrected chi connectivity index (χ1v) is 5.85. The lowest BCUT2D eigenvalue weighted by atomic mass is 9.98. The number of para-hydroxylation sites is 1. The molecule has 1 unspecified atom stereocenters. The predicted octanol–water partition coefficient (Wildman–Crippen LogP) is 2.29. The van der Waals surface area contributed by atoms with Gasteiger partial charge in [0, 0.05) is 11.8 Å². The Kier molecular flexibility index (Phi) is 4.09. The summed E-state index contributed by atoms with van der Waals surface area (Å²) in [7, 11) is 0. The van der Waals surface area contributed by atoms with Crippen molar-refractivity contribution < 1.29 is 8.78 Å². The van der Waals surface area contributed by atoms with E-state index in [9.17, 15) is 8.78 Å². The van der Waals surface area contributed by atoms with Gasteiger partial charge in [0.2, 0.25) is 0 Å². The van der Waals surface area contributed by atoms with Crippen molar-refractivity contribution in [2.24, 2.45) is 5.84 Å². The second-order valence-electron chi connectivity index (χ2n) is 4.33. The Balaban J connectivity index is 2.26. The standard InChI is InChI=1S/C14H15F2N3/c15-10-5-9(6-11(16)8-10)7-14(19-18)12-3-1-2-4-13(12)17/h1-6,8,14,19H,7,17-18H2. The van der Waals surface area contributed by atoms with E-state index in [1.54, 1.807) is 6.07 Å². The van der Waals surface area contributed by atoms with Gasteiger partial charge in [-0.15, -0.1) is 0 Å². The van der Waals surface area contributed by atoms with Crippen molar-refractivity contribution in [3.63, 3.8) is 0 Å². The molecule has 0 radical (unpaired) electrons. The van der Waals surface area contributed by atoms with Gasteiger partial charge in [0.1, 0.15) is 11.6 Å². The van der Waals surface area contributed by atoms with Crippen molar-refractivity contribution in [1.29, 1.82) is 0 Å². The molecule has 19 heavy (non-hydrogen) atoms. The normalized spacial score (nSPS) is 12.4. The number of nitrogen functional groups attached to an aromatic ring is 1. The third-order valence-electron chi connectivity index (χ3n) is 2.93. The highest BCUT2D eigenvalue weighted by molar-refractivity contribution is 5.48. The smallest absolute Gasteiger partial charge is 0.126 e. The van der Waals surface area contributed by atoms with Crippen LogP contribution in [-0.2, 0) is 6.42 Å². The number of hydrogen-bond donors (Lipinski definition) is 3. The van der Waals surface area contributed by atoms with Crippen LogP contribution >= 0.6 is 0 Å². The molecule has 2 rings (SSSR count). The van der Waals surface area contributed by atoms with E-state index in [2.05, 4.69) is 5.43 Å². The summed E-state index contributed by atoms with van der Waals surface area (Å²) in [4.78, 5) is 0. The molecule has 2 aromatic rings. The van der Waals surface area contributed by atoms with Crippen LogP contribution in [0.25, 0.3) is 0 Å². The molecule has 0 saturated heterocycles. The van der Waals surface area contributed by atoms with Crippen LogP contribution in [0.1, 0.15) is 17.2 Å². The fraction of sp³-hybridized carbons (Fsp3) is 0.143. The predicted molar refractivity (Wildman–Crippen MR) is 71.0 cm³/mol. The van der Waals surface area contributed by atoms with Gasteiger partial charge in [-0.25, -0.2) is 8.78 Å². The fourth-order valence-electron chi connectivity index (χ4n) is 2.05. The Bertz CT molecular complexity index is 552. The molecule has 0 bridgehead atoms. The number of halogens is 2. The third-order valence-corrected chi connectivity index (χ3v) is 2.93. The largest absolute Gasteiger partial charge is 0.398 e. The maximum Gasteiger partial charge on any atom is 0.126 e. The van der Waals surface area contributed by atoms with Crippen LogP contribution in [0.3, 0.4) is 0 Å². The highest BCUT2D eigenvalue weighted by atomic mass is 19.1. The quantitative estimate of drug-likeness (QED) is 0.450. The molecule has 0 heterocycles. The van der Waals surface area contributed by atoms with Crippen LogP contribution in [0.15, 0.2) is 42.5 Å². The van der Waals surface area contributed by atoms with Crippen molar-refractivity contribution >= 4 is 5.69 Å². The molecule has 5 N–H and O–H groups in total. The first-order chi connectivity index (χ1) is 9.10. The number of nitrogens with two attached hydrogens (primary N) is 2. The minimum atomic E-state index is -0.605. The minimum absolute atomic E-state index is 0.303. The van der Waals surface area contributed by atoms with Crippen molar-refractivity contribution in [1.82, 2.24) is 5.43 Å². The van der Waals surface area contributed by atoms with Gasteiger partial charge in [0.05, 0.1) is 6.04 Å². The summed E-state index contributed by atoms with van der Waals surface area (Å²) in [5.74, 6) is 4.29. The van der Waals surface area contributed by atoms with Gasteiger partial charge < -0.3 is 5.73 Å². The molecule has 100 valence electrons. The number of benzene rings is 2. The Morgan fingerprint density at radius 2 is 1.68 bits per heavy atom. The average molecular weight is 263 g/mol. The Labute approximate surface area is 110 Å². The van der Waals surface area contributed by atoms with Crippen LogP contribution in [0.4, 0.5) is 14.5 Å². The second kappa shape index (κ2) is 5.77. The molecule has 0 aliphatic carbocycles. The number of nitrogens with one attached hydrogen (secondary N) is 1. The summed E-state index contributed by atoms with van der Waals surface area (Å²) < 4.78 is 26.3. The molecule has 0 fully saturated rings. The Hall–Kier alpha value is -1.98. The molecule has 0 aliphatic heterocycles. The fourth-order valence-corrected chi connectivity index (χ4v) is 2.05. The zero-order valence-electron chi connectivity index (χ0n) is 10.2. The van der Waals surface area contributed by atoms with Gasteiger partial charge in [-0.05, 0) is 35.7 Å². The zero-order chi connectivity index (χ0) is 13.8. The summed E-state index contributed by atoms with van der Waals surface area (Å²) in [6.07, 6.45) is 0.347. The van der Waals surface area contributed by atoms with E-state index in [4.69, 9.17) is 11.6 Å². The van der Waals surface area contributed by atoms with Gasteiger partial charge in [-0.3, -0.25) is 11.3 Å². The molecule has 0 aliphatic rings. The van der Waals surface area contributed by atoms with Crippen LogP contribution in [-0.4, -0.2) is 0 Å². The van der Waals surface area contributed by atoms with Gasteiger partial charge in [0.25, 0.3) is 0 Å². The molecule has 0 saturated carbocycles. The van der Waals surface area contributed by atoms with E-state index in [1.165, 1.54) is 12.1 Å². The lowest BCUT2D eigenvalue weighted by Crippen LogP contribution is -2.30. The summed E-state index contributed by atoms with van der Waals surface area (Å²) in [5.41, 5.74) is 10.4. The van der Waals surface area contributed by atoms with Crippen molar-refractivity contribution in [2.75, 3.05) is 5.73 Å². The molecular weight excluding hydrogens is 248 g/mol. The summed E-state index contributed by atoms with van der Waals surface area (Å²) >= 11 is 0. The summed E-state index contributed by atoms with van der Waals surface area (Å²) in [5, 5.41) is 0. The van der Waals surface area contributed by atoms with E-state index in [0.29, 0.717) is 17.7 Å². The molecular formula is C14H15F2N3. The van der Waals surface area contributed by atoms with Crippen molar-refractivity contribution in [3.05, 3.63) is 65.2 Å². The monoisotopic (exact) mass is 263 g/mol. The molecule has 5 heteroatoms. The number of rotatable bonds is 4. The molecule has 0 spiro atoms. The lowest BCUT2D eigenvalue weighted by Gasteiger charge is -2.18. The Morgan fingerprint density at radius 1 is 1.05 bits per heavy atom. The third kappa shape index (κ3) is 3.27. The molecule has 2 aromatic carbocycles. The van der Waals surface area contributed by atoms with E-state index in [-0.39, 0.29) is 6.04 Å². The van der Waals surface area contributed by atoms with Crippen LogP contribution in [0, 0.1) is 11.6 Å². The van der Waals surface area contributed by atoms with E-state index >= 15 is 0 Å². The minimum Gasteiger partial charge on any atom is -0.398 e. The van der Waals surface area contributed by atoms with Crippen LogP contribution in [0.2, 0.25) is 0 Å². The first kappa shape index (κ1) is 13.5. The first-order valence-electron chi connectivity index (χ1n) is 5.85. The van der Waals surface area contributed by atoms with Gasteiger partial charge in [-0.1, -0.05) is 18.2 Å². The van der Waals surface area contributed by atoms with Crippen LogP contribution < -0.4 is 17.0 Å². The van der Waals surface area contributed by atoms with Gasteiger partial charge >= 0.3 is 0 Å². The molecule has 1 atom stereocenters. The highest BCUT2D eigenvalue weighted by Gasteiger charge is 2.14. The number of anilines is 1. The van der Waals surface area contributed by atoms with Crippen LogP contribution in [0.5, 0.6) is 0 Å². The van der Waals surface area contributed by atoms with E-state index in [0.717, 1.165) is 11.6 Å². The molecule has 0 amide bonds. The Morgan fingerprint density at radius 3 is 2.26 bits per heavy atom. The van der Waals surface area contributed by atoms with Gasteiger partial charge in [-0.2, -0.15) is 0 Å². The topological polar surface area (TPSA) is 64.1 Å². The molecule has 0 aromatic heterocycles. The summed E-state index contributed by atoms with van der Waals surface area (Å²) in [6.45, 7) is 0. The van der Waals surface area contributed by atoms with Crippen molar-refractivity contribution in [2.45, 2.75) is 12.5 Å². The van der Waals surface area contributed by atoms with Gasteiger partial charge in [0.15, 0.2) is 0 Å². The molecule has 3 nitrogen and oxygen atoms in total. The maximum absolute atomic E-state index is 13.1. The number of hydrazine groups is 1. The van der Waals surface area contributed by atoms with E-state index < -0.39 is 11.6 Å².